The average Bonchev–Trinajstić information content (AvgIpc) is 2.32. The lowest BCUT2D eigenvalue weighted by atomic mass is 9.92. The van der Waals surface area contributed by atoms with Crippen molar-refractivity contribution in [3.8, 4) is 0 Å². The molecule has 0 fully saturated rings. The summed E-state index contributed by atoms with van der Waals surface area (Å²) in [5.74, 6) is 0.579. The highest BCUT2D eigenvalue weighted by molar-refractivity contribution is 4.69. The predicted molar refractivity (Wildman–Crippen MR) is 66.4 cm³/mol. The zero-order chi connectivity index (χ0) is 12.4. The Labute approximate surface area is 99.8 Å². The van der Waals surface area contributed by atoms with Gasteiger partial charge in [-0.1, -0.05) is 40.0 Å². The van der Waals surface area contributed by atoms with E-state index in [4.69, 9.17) is 9.84 Å². The number of hydrogen-bond donors (Lipinski definition) is 2. The van der Waals surface area contributed by atoms with Crippen LogP contribution in [0.3, 0.4) is 0 Å². The molecule has 0 aromatic rings. The first kappa shape index (κ1) is 15.9. The van der Waals surface area contributed by atoms with E-state index in [2.05, 4.69) is 20.8 Å². The van der Waals surface area contributed by atoms with Gasteiger partial charge in [0.2, 0.25) is 0 Å². The third-order valence-corrected chi connectivity index (χ3v) is 3.09. The van der Waals surface area contributed by atoms with E-state index in [0.29, 0.717) is 5.92 Å². The molecule has 0 bridgehead atoms. The van der Waals surface area contributed by atoms with Gasteiger partial charge in [-0.25, -0.2) is 0 Å². The third-order valence-electron chi connectivity index (χ3n) is 3.09. The smallest absolute Gasteiger partial charge is 0.100 e. The molecule has 0 aromatic carbocycles. The van der Waals surface area contributed by atoms with Crippen molar-refractivity contribution in [2.75, 3.05) is 13.2 Å². The Balaban J connectivity index is 4.00. The third kappa shape index (κ3) is 6.46. The van der Waals surface area contributed by atoms with E-state index < -0.39 is 6.10 Å². The predicted octanol–water partition coefficient (Wildman–Crippen LogP) is 2.35. The fourth-order valence-electron chi connectivity index (χ4n) is 1.99. The summed E-state index contributed by atoms with van der Waals surface area (Å²) in [6, 6.07) is 0. The summed E-state index contributed by atoms with van der Waals surface area (Å²) in [5.41, 5.74) is 0. The lowest BCUT2D eigenvalue weighted by molar-refractivity contribution is -0.0524. The van der Waals surface area contributed by atoms with Crippen LogP contribution < -0.4 is 0 Å². The summed E-state index contributed by atoms with van der Waals surface area (Å²) >= 11 is 0. The van der Waals surface area contributed by atoms with Crippen molar-refractivity contribution in [3.05, 3.63) is 0 Å². The van der Waals surface area contributed by atoms with Gasteiger partial charge in [0.15, 0.2) is 0 Å². The molecule has 0 aromatic heterocycles. The van der Waals surface area contributed by atoms with E-state index in [9.17, 15) is 5.11 Å². The molecular weight excluding hydrogens is 204 g/mol. The average molecular weight is 232 g/mol. The minimum absolute atomic E-state index is 0.220. The number of unbranched alkanes of at least 4 members (excludes halogenated alkanes) is 1. The highest BCUT2D eigenvalue weighted by Gasteiger charge is 2.19. The number of rotatable bonds is 10. The molecule has 98 valence electrons. The van der Waals surface area contributed by atoms with Crippen molar-refractivity contribution in [2.24, 2.45) is 5.92 Å². The molecule has 3 heteroatoms. The molecule has 3 nitrogen and oxygen atoms in total. The molecule has 0 radical (unpaired) electrons. The molecular formula is C13H28O3. The zero-order valence-corrected chi connectivity index (χ0v) is 11.0. The first-order valence-corrected chi connectivity index (χ1v) is 6.59. The summed E-state index contributed by atoms with van der Waals surface area (Å²) in [6.07, 6.45) is 5.22. The van der Waals surface area contributed by atoms with Gasteiger partial charge in [-0.2, -0.15) is 0 Å². The molecule has 0 saturated carbocycles. The SMILES string of the molecule is CCCCC(CC)C(CC)OCC(O)CO. The Morgan fingerprint density at radius 3 is 2.25 bits per heavy atom. The second-order valence-electron chi connectivity index (χ2n) is 4.43. The van der Waals surface area contributed by atoms with Gasteiger partial charge in [-0.05, 0) is 18.8 Å². The zero-order valence-electron chi connectivity index (χ0n) is 11.0. The Bertz CT molecular complexity index is 150. The maximum atomic E-state index is 9.26. The van der Waals surface area contributed by atoms with Gasteiger partial charge in [-0.3, -0.25) is 0 Å². The second-order valence-corrected chi connectivity index (χ2v) is 4.43. The van der Waals surface area contributed by atoms with Crippen molar-refractivity contribution in [3.63, 3.8) is 0 Å². The van der Waals surface area contributed by atoms with Gasteiger partial charge in [-0.15, -0.1) is 0 Å². The lowest BCUT2D eigenvalue weighted by Gasteiger charge is -2.26. The van der Waals surface area contributed by atoms with Crippen LogP contribution in [-0.4, -0.2) is 35.6 Å². The molecule has 0 aliphatic carbocycles. The molecule has 0 rings (SSSR count). The van der Waals surface area contributed by atoms with E-state index in [1.165, 1.54) is 19.3 Å². The van der Waals surface area contributed by atoms with Gasteiger partial charge in [0.1, 0.15) is 6.10 Å². The van der Waals surface area contributed by atoms with Crippen LogP contribution in [0, 0.1) is 5.92 Å². The van der Waals surface area contributed by atoms with Gasteiger partial charge < -0.3 is 14.9 Å². The quantitative estimate of drug-likeness (QED) is 0.608. The maximum Gasteiger partial charge on any atom is 0.100 e. The highest BCUT2D eigenvalue weighted by atomic mass is 16.5. The maximum absolute atomic E-state index is 9.26. The number of aliphatic hydroxyl groups is 2. The number of hydrogen-bond acceptors (Lipinski definition) is 3. The summed E-state index contributed by atoms with van der Waals surface area (Å²) < 4.78 is 5.68. The largest absolute Gasteiger partial charge is 0.394 e. The summed E-state index contributed by atoms with van der Waals surface area (Å²) in [6.45, 7) is 6.53. The van der Waals surface area contributed by atoms with Gasteiger partial charge in [0, 0.05) is 0 Å². The van der Waals surface area contributed by atoms with Crippen LogP contribution in [0.5, 0.6) is 0 Å². The van der Waals surface area contributed by atoms with E-state index in [-0.39, 0.29) is 19.3 Å². The van der Waals surface area contributed by atoms with E-state index in [0.717, 1.165) is 12.8 Å². The van der Waals surface area contributed by atoms with Crippen molar-refractivity contribution in [1.82, 2.24) is 0 Å². The van der Waals surface area contributed by atoms with Crippen molar-refractivity contribution in [2.45, 2.75) is 65.1 Å². The van der Waals surface area contributed by atoms with Gasteiger partial charge in [0.25, 0.3) is 0 Å². The first-order valence-electron chi connectivity index (χ1n) is 6.59. The molecule has 0 aliphatic rings. The molecule has 0 aliphatic heterocycles. The van der Waals surface area contributed by atoms with Crippen LogP contribution in [-0.2, 0) is 4.74 Å². The molecule has 0 spiro atoms. The highest BCUT2D eigenvalue weighted by Crippen LogP contribution is 2.21. The fourth-order valence-corrected chi connectivity index (χ4v) is 1.99. The minimum atomic E-state index is -0.738. The Hall–Kier alpha value is -0.120. The van der Waals surface area contributed by atoms with Crippen LogP contribution >= 0.6 is 0 Å². The second kappa shape index (κ2) is 10.1. The van der Waals surface area contributed by atoms with Crippen molar-refractivity contribution < 1.29 is 14.9 Å². The number of ether oxygens (including phenoxy) is 1. The first-order chi connectivity index (χ1) is 7.69. The van der Waals surface area contributed by atoms with Crippen LogP contribution in [0.25, 0.3) is 0 Å². The minimum Gasteiger partial charge on any atom is -0.394 e. The molecule has 2 N–H and O–H groups in total. The molecule has 0 heterocycles. The monoisotopic (exact) mass is 232 g/mol. The summed E-state index contributed by atoms with van der Waals surface area (Å²) in [5, 5.41) is 18.0. The summed E-state index contributed by atoms with van der Waals surface area (Å²) in [4.78, 5) is 0. The normalized spacial score (nSPS) is 17.1. The molecule has 0 amide bonds. The molecule has 0 saturated heterocycles. The topological polar surface area (TPSA) is 49.7 Å². The fraction of sp³-hybridized carbons (Fsp3) is 1.00. The van der Waals surface area contributed by atoms with Crippen LogP contribution in [0.1, 0.15) is 52.9 Å². The summed E-state index contributed by atoms with van der Waals surface area (Å²) in [7, 11) is 0. The molecule has 16 heavy (non-hydrogen) atoms. The van der Waals surface area contributed by atoms with Crippen LogP contribution in [0.15, 0.2) is 0 Å². The van der Waals surface area contributed by atoms with E-state index >= 15 is 0 Å². The van der Waals surface area contributed by atoms with Gasteiger partial charge >= 0.3 is 0 Å². The van der Waals surface area contributed by atoms with E-state index in [1.807, 2.05) is 0 Å². The van der Waals surface area contributed by atoms with Crippen molar-refractivity contribution in [1.29, 1.82) is 0 Å². The lowest BCUT2D eigenvalue weighted by Crippen LogP contribution is -2.29. The van der Waals surface area contributed by atoms with E-state index in [1.54, 1.807) is 0 Å². The van der Waals surface area contributed by atoms with Crippen LogP contribution in [0.2, 0.25) is 0 Å². The van der Waals surface area contributed by atoms with Crippen molar-refractivity contribution >= 4 is 0 Å². The Kier molecular flexibility index (Phi) is 9.99. The Morgan fingerprint density at radius 2 is 1.81 bits per heavy atom. The molecule has 3 unspecified atom stereocenters. The Morgan fingerprint density at radius 1 is 1.12 bits per heavy atom. The molecule has 3 atom stereocenters. The van der Waals surface area contributed by atoms with Crippen LogP contribution in [0.4, 0.5) is 0 Å². The number of aliphatic hydroxyl groups excluding tert-OH is 2. The van der Waals surface area contributed by atoms with Gasteiger partial charge in [0.05, 0.1) is 19.3 Å². The standard InChI is InChI=1S/C13H28O3/c1-4-7-8-11(5-2)13(6-3)16-10-12(15)9-14/h11-15H,4-10H2,1-3H3.